The highest BCUT2D eigenvalue weighted by atomic mass is 35.5. The molecule has 28 heavy (non-hydrogen) atoms. The van der Waals surface area contributed by atoms with E-state index < -0.39 is 15.2 Å². The predicted molar refractivity (Wildman–Crippen MR) is 114 cm³/mol. The van der Waals surface area contributed by atoms with Gasteiger partial charge in [-0.25, -0.2) is 13.2 Å². The standard InChI is InChI=1S/C17H23ClN4O4S2/c1-13(27)19-10-16-11-22(17(23)26-16)15-4-2-14(3-5-15)20-6-8-21(9-7-20)28(24,25)12-18/h2-5,16H,6-12H2,1H3,(H,19,27)/t16-/m0/s1. The Morgan fingerprint density at radius 3 is 2.39 bits per heavy atom. The Morgan fingerprint density at radius 1 is 1.21 bits per heavy atom. The number of hydrogen-bond acceptors (Lipinski definition) is 6. The SMILES string of the molecule is CC(=S)NC[C@H]1CN(c2ccc(N3CCN(S(=O)(=O)CCl)CC3)cc2)C(=O)O1. The minimum Gasteiger partial charge on any atom is -0.442 e. The van der Waals surface area contributed by atoms with Gasteiger partial charge in [0, 0.05) is 37.6 Å². The lowest BCUT2D eigenvalue weighted by Crippen LogP contribution is -2.49. The minimum atomic E-state index is -3.37. The van der Waals surface area contributed by atoms with Crippen molar-refractivity contribution in [2.24, 2.45) is 0 Å². The van der Waals surface area contributed by atoms with Gasteiger partial charge < -0.3 is 15.0 Å². The van der Waals surface area contributed by atoms with E-state index in [0.717, 1.165) is 11.4 Å². The lowest BCUT2D eigenvalue weighted by atomic mass is 10.2. The smallest absolute Gasteiger partial charge is 0.414 e. The number of anilines is 2. The Kier molecular flexibility index (Phi) is 6.64. The van der Waals surface area contributed by atoms with E-state index in [1.54, 1.807) is 11.8 Å². The van der Waals surface area contributed by atoms with Crippen molar-refractivity contribution in [3.05, 3.63) is 24.3 Å². The molecule has 0 spiro atoms. The molecule has 2 saturated heterocycles. The van der Waals surface area contributed by atoms with E-state index in [2.05, 4.69) is 10.2 Å². The largest absolute Gasteiger partial charge is 0.442 e. The molecule has 2 aliphatic rings. The number of piperazine rings is 1. The number of nitrogens with one attached hydrogen (secondary N) is 1. The number of benzene rings is 1. The summed E-state index contributed by atoms with van der Waals surface area (Å²) in [6, 6.07) is 7.61. The van der Waals surface area contributed by atoms with Crippen LogP contribution in [-0.2, 0) is 14.8 Å². The Labute approximate surface area is 175 Å². The monoisotopic (exact) mass is 446 g/mol. The number of carbonyl (C=O) groups excluding carboxylic acids is 1. The van der Waals surface area contributed by atoms with Gasteiger partial charge in [0.05, 0.1) is 18.1 Å². The quantitative estimate of drug-likeness (QED) is 0.525. The van der Waals surface area contributed by atoms with Crippen molar-refractivity contribution in [2.75, 3.05) is 54.3 Å². The van der Waals surface area contributed by atoms with E-state index in [1.165, 1.54) is 4.31 Å². The molecule has 0 aliphatic carbocycles. The highest BCUT2D eigenvalue weighted by Gasteiger charge is 2.32. The second kappa shape index (κ2) is 8.81. The number of thiocarbonyl (C=S) groups is 1. The molecule has 11 heteroatoms. The molecule has 1 atom stereocenters. The summed E-state index contributed by atoms with van der Waals surface area (Å²) < 4.78 is 30.5. The van der Waals surface area contributed by atoms with Crippen molar-refractivity contribution in [3.8, 4) is 0 Å². The van der Waals surface area contributed by atoms with Gasteiger partial charge in [0.2, 0.25) is 10.0 Å². The van der Waals surface area contributed by atoms with E-state index in [1.807, 2.05) is 24.3 Å². The van der Waals surface area contributed by atoms with Gasteiger partial charge in [-0.15, -0.1) is 11.6 Å². The number of nitrogens with zero attached hydrogens (tertiary/aromatic N) is 3. The van der Waals surface area contributed by atoms with Crippen molar-refractivity contribution in [3.63, 3.8) is 0 Å². The molecule has 2 aliphatic heterocycles. The van der Waals surface area contributed by atoms with E-state index in [-0.39, 0.29) is 12.2 Å². The van der Waals surface area contributed by atoms with Crippen LogP contribution >= 0.6 is 23.8 Å². The summed E-state index contributed by atoms with van der Waals surface area (Å²) in [6.45, 7) is 4.73. The Balaban J connectivity index is 1.59. The van der Waals surface area contributed by atoms with Gasteiger partial charge >= 0.3 is 6.09 Å². The van der Waals surface area contributed by atoms with Crippen molar-refractivity contribution in [1.29, 1.82) is 0 Å². The molecule has 2 heterocycles. The first-order chi connectivity index (χ1) is 13.3. The number of sulfonamides is 1. The summed E-state index contributed by atoms with van der Waals surface area (Å²) >= 11 is 10.5. The van der Waals surface area contributed by atoms with Crippen molar-refractivity contribution >= 4 is 56.3 Å². The van der Waals surface area contributed by atoms with Gasteiger partial charge in [0.25, 0.3) is 0 Å². The lowest BCUT2D eigenvalue weighted by molar-refractivity contribution is 0.143. The molecule has 0 unspecified atom stereocenters. The third kappa shape index (κ3) is 4.86. The molecule has 2 fully saturated rings. The fraction of sp³-hybridized carbons (Fsp3) is 0.529. The number of ether oxygens (including phenoxy) is 1. The number of cyclic esters (lactones) is 1. The van der Waals surface area contributed by atoms with Gasteiger partial charge in [0.15, 0.2) is 0 Å². The Morgan fingerprint density at radius 2 is 1.82 bits per heavy atom. The van der Waals surface area contributed by atoms with Crippen LogP contribution in [0, 0.1) is 0 Å². The van der Waals surface area contributed by atoms with Crippen LogP contribution in [0.1, 0.15) is 6.92 Å². The van der Waals surface area contributed by atoms with Crippen molar-refractivity contribution in [1.82, 2.24) is 9.62 Å². The highest BCUT2D eigenvalue weighted by Crippen LogP contribution is 2.25. The third-order valence-electron chi connectivity index (χ3n) is 4.75. The first-order valence-electron chi connectivity index (χ1n) is 8.91. The minimum absolute atomic E-state index is 0.248. The van der Waals surface area contributed by atoms with Crippen LogP contribution in [0.25, 0.3) is 0 Å². The second-order valence-electron chi connectivity index (χ2n) is 6.68. The normalized spacial score (nSPS) is 20.9. The number of hydrogen-bond donors (Lipinski definition) is 1. The van der Waals surface area contributed by atoms with E-state index in [4.69, 9.17) is 28.6 Å². The second-order valence-corrected chi connectivity index (χ2v) is 9.84. The van der Waals surface area contributed by atoms with E-state index >= 15 is 0 Å². The average molecular weight is 447 g/mol. The zero-order chi connectivity index (χ0) is 20.3. The maximum atomic E-state index is 12.1. The Bertz CT molecular complexity index is 826. The molecule has 0 saturated carbocycles. The number of rotatable bonds is 6. The molecule has 1 amide bonds. The summed E-state index contributed by atoms with van der Waals surface area (Å²) in [5.74, 6) is 0. The van der Waals surface area contributed by atoms with Crippen LogP contribution in [0.4, 0.5) is 16.2 Å². The highest BCUT2D eigenvalue weighted by molar-refractivity contribution is 7.90. The molecule has 154 valence electrons. The summed E-state index contributed by atoms with van der Waals surface area (Å²) in [7, 11) is -3.37. The maximum absolute atomic E-state index is 12.1. The van der Waals surface area contributed by atoms with E-state index in [0.29, 0.717) is 44.3 Å². The number of carbonyl (C=O) groups is 1. The van der Waals surface area contributed by atoms with Crippen LogP contribution in [0.2, 0.25) is 0 Å². The van der Waals surface area contributed by atoms with Crippen molar-refractivity contribution in [2.45, 2.75) is 13.0 Å². The third-order valence-corrected chi connectivity index (χ3v) is 7.15. The molecule has 3 rings (SSSR count). The lowest BCUT2D eigenvalue weighted by Gasteiger charge is -2.35. The molecule has 1 aromatic rings. The molecule has 0 aromatic heterocycles. The van der Waals surface area contributed by atoms with Crippen LogP contribution in [0.5, 0.6) is 0 Å². The first kappa shape index (κ1) is 21.1. The van der Waals surface area contributed by atoms with Crippen LogP contribution in [-0.4, -0.2) is 74.4 Å². The van der Waals surface area contributed by atoms with Crippen LogP contribution in [0.15, 0.2) is 24.3 Å². The van der Waals surface area contributed by atoms with Gasteiger partial charge in [-0.05, 0) is 31.2 Å². The van der Waals surface area contributed by atoms with Gasteiger partial charge in [-0.3, -0.25) is 4.90 Å². The summed E-state index contributed by atoms with van der Waals surface area (Å²) in [5, 5.41) is 2.62. The van der Waals surface area contributed by atoms with E-state index in [9.17, 15) is 13.2 Å². The number of amides is 1. The predicted octanol–water partition coefficient (Wildman–Crippen LogP) is 1.60. The van der Waals surface area contributed by atoms with Crippen LogP contribution < -0.4 is 15.1 Å². The number of alkyl halides is 1. The van der Waals surface area contributed by atoms with Crippen LogP contribution in [0.3, 0.4) is 0 Å². The fourth-order valence-corrected chi connectivity index (χ4v) is 4.59. The first-order valence-corrected chi connectivity index (χ1v) is 11.5. The zero-order valence-electron chi connectivity index (χ0n) is 15.5. The molecule has 1 N–H and O–H groups in total. The zero-order valence-corrected chi connectivity index (χ0v) is 17.9. The molecular formula is C17H23ClN4O4S2. The van der Waals surface area contributed by atoms with Gasteiger partial charge in [0.1, 0.15) is 11.3 Å². The summed E-state index contributed by atoms with van der Waals surface area (Å²) in [6.07, 6.45) is -0.622. The van der Waals surface area contributed by atoms with Crippen molar-refractivity contribution < 1.29 is 17.9 Å². The summed E-state index contributed by atoms with van der Waals surface area (Å²) in [4.78, 5) is 16.5. The van der Waals surface area contributed by atoms with Gasteiger partial charge in [-0.1, -0.05) is 12.2 Å². The molecular weight excluding hydrogens is 424 g/mol. The molecule has 1 aromatic carbocycles. The number of halogens is 1. The topological polar surface area (TPSA) is 82.2 Å². The Hall–Kier alpha value is -1.62. The molecule has 8 nitrogen and oxygen atoms in total. The summed E-state index contributed by atoms with van der Waals surface area (Å²) in [5.41, 5.74) is 1.74. The average Bonchev–Trinajstić information content (AvgIpc) is 3.07. The molecule has 0 bridgehead atoms. The fourth-order valence-electron chi connectivity index (χ4n) is 3.23. The molecule has 0 radical (unpaired) electrons. The maximum Gasteiger partial charge on any atom is 0.414 e. The van der Waals surface area contributed by atoms with Gasteiger partial charge in [-0.2, -0.15) is 4.31 Å².